The molecule has 0 heterocycles. The van der Waals surface area contributed by atoms with Crippen molar-refractivity contribution in [2.24, 2.45) is 28.6 Å². The first-order valence-electron chi connectivity index (χ1n) is 11.8. The molecule has 0 amide bonds. The van der Waals surface area contributed by atoms with Gasteiger partial charge in [0.15, 0.2) is 11.4 Å². The highest BCUT2D eigenvalue weighted by molar-refractivity contribution is 5.92. The van der Waals surface area contributed by atoms with E-state index in [1.165, 1.54) is 5.57 Å². The minimum absolute atomic E-state index is 0.0727. The van der Waals surface area contributed by atoms with Crippen LogP contribution in [0.15, 0.2) is 11.6 Å². The molecule has 3 fully saturated rings. The van der Waals surface area contributed by atoms with Gasteiger partial charge in [-0.05, 0) is 80.6 Å². The molecule has 1 N–H and O–H groups in total. The number of carbonyl (C=O) groups is 3. The first-order valence-corrected chi connectivity index (χ1v) is 11.8. The van der Waals surface area contributed by atoms with Gasteiger partial charge in [-0.3, -0.25) is 14.4 Å². The summed E-state index contributed by atoms with van der Waals surface area (Å²) in [5, 5.41) is 9.78. The number of rotatable bonds is 5. The van der Waals surface area contributed by atoms with Crippen molar-refractivity contribution in [3.63, 3.8) is 0 Å². The molecule has 6 atom stereocenters. The van der Waals surface area contributed by atoms with Crippen molar-refractivity contribution in [2.45, 2.75) is 90.6 Å². The second-order valence-electron chi connectivity index (χ2n) is 10.6. The van der Waals surface area contributed by atoms with Gasteiger partial charge in [-0.25, -0.2) is 0 Å². The average Bonchev–Trinajstić information content (AvgIpc) is 3.01. The van der Waals surface area contributed by atoms with Gasteiger partial charge >= 0.3 is 5.97 Å². The van der Waals surface area contributed by atoms with Gasteiger partial charge in [-0.15, -0.1) is 0 Å². The molecule has 4 aliphatic carbocycles. The van der Waals surface area contributed by atoms with Crippen molar-refractivity contribution in [1.82, 2.24) is 0 Å². The van der Waals surface area contributed by atoms with Gasteiger partial charge in [0.25, 0.3) is 0 Å². The van der Waals surface area contributed by atoms with Crippen molar-refractivity contribution < 1.29 is 24.2 Å². The number of esters is 1. The van der Waals surface area contributed by atoms with E-state index in [-0.39, 0.29) is 23.0 Å². The Kier molecular flexibility index (Phi) is 5.49. The van der Waals surface area contributed by atoms with E-state index in [1.54, 1.807) is 0 Å². The van der Waals surface area contributed by atoms with E-state index in [0.717, 1.165) is 38.5 Å². The van der Waals surface area contributed by atoms with E-state index in [1.807, 2.05) is 13.0 Å². The second-order valence-corrected chi connectivity index (χ2v) is 10.6. The molecule has 0 aliphatic heterocycles. The summed E-state index contributed by atoms with van der Waals surface area (Å²) in [4.78, 5) is 37.6. The normalized spacial score (nSPS) is 42.6. The van der Waals surface area contributed by atoms with Gasteiger partial charge in [0.05, 0.1) is 0 Å². The van der Waals surface area contributed by atoms with E-state index in [9.17, 15) is 19.5 Å². The van der Waals surface area contributed by atoms with Crippen LogP contribution in [-0.4, -0.2) is 34.9 Å². The van der Waals surface area contributed by atoms with Crippen LogP contribution in [0.3, 0.4) is 0 Å². The summed E-state index contributed by atoms with van der Waals surface area (Å²) < 4.78 is 5.99. The zero-order chi connectivity index (χ0) is 21.7. The Balaban J connectivity index is 1.67. The molecule has 4 aliphatic rings. The van der Waals surface area contributed by atoms with Crippen LogP contribution < -0.4 is 0 Å². The summed E-state index contributed by atoms with van der Waals surface area (Å²) in [5.41, 5.74) is -0.222. The molecular formula is C25H36O5. The topological polar surface area (TPSA) is 80.7 Å². The van der Waals surface area contributed by atoms with Gasteiger partial charge in [-0.2, -0.15) is 0 Å². The summed E-state index contributed by atoms with van der Waals surface area (Å²) in [6, 6.07) is 0. The predicted octanol–water partition coefficient (Wildman–Crippen LogP) is 4.16. The van der Waals surface area contributed by atoms with Gasteiger partial charge < -0.3 is 9.84 Å². The lowest BCUT2D eigenvalue weighted by Gasteiger charge is -2.59. The number of hydrogen-bond donors (Lipinski definition) is 1. The second kappa shape index (κ2) is 7.58. The quantitative estimate of drug-likeness (QED) is 0.681. The molecule has 0 bridgehead atoms. The summed E-state index contributed by atoms with van der Waals surface area (Å²) in [6.45, 7) is 5.82. The highest BCUT2D eigenvalue weighted by atomic mass is 16.6. The van der Waals surface area contributed by atoms with Crippen molar-refractivity contribution in [3.8, 4) is 0 Å². The molecule has 5 nitrogen and oxygen atoms in total. The van der Waals surface area contributed by atoms with E-state index >= 15 is 0 Å². The molecular weight excluding hydrogens is 380 g/mol. The molecule has 166 valence electrons. The molecule has 0 aromatic rings. The summed E-state index contributed by atoms with van der Waals surface area (Å²) in [7, 11) is 0. The largest absolute Gasteiger partial charge is 0.450 e. The standard InChI is InChI=1S/C25H36O5/c1-4-5-22(29)30-25(21(28)15-26)13-10-20-18-7-6-16-14-17(27)8-11-23(16,2)19(18)9-12-24(20,25)3/h14,18-20,26H,4-13,15H2,1-3H3/t18-,19+,20+,23+,24+,25+/m1/s1. The fourth-order valence-corrected chi connectivity index (χ4v) is 7.82. The van der Waals surface area contributed by atoms with Crippen molar-refractivity contribution in [1.29, 1.82) is 0 Å². The maximum atomic E-state index is 13.0. The molecule has 30 heavy (non-hydrogen) atoms. The lowest BCUT2D eigenvalue weighted by Crippen LogP contribution is -2.59. The molecule has 0 aromatic heterocycles. The van der Waals surface area contributed by atoms with E-state index in [0.29, 0.717) is 43.4 Å². The number of Topliss-reactive ketones (excluding diaryl/α,β-unsaturated/α-hetero) is 1. The Bertz CT molecular complexity index is 784. The maximum absolute atomic E-state index is 13.0. The van der Waals surface area contributed by atoms with Crippen LogP contribution in [0.5, 0.6) is 0 Å². The fraction of sp³-hybridized carbons (Fsp3) is 0.800. The number of ether oxygens (including phenoxy) is 1. The lowest BCUT2D eigenvalue weighted by molar-refractivity contribution is -0.191. The lowest BCUT2D eigenvalue weighted by atomic mass is 9.46. The number of ketones is 2. The summed E-state index contributed by atoms with van der Waals surface area (Å²) in [5.74, 6) is 0.888. The zero-order valence-corrected chi connectivity index (χ0v) is 18.7. The Morgan fingerprint density at radius 2 is 1.83 bits per heavy atom. The number of fused-ring (bicyclic) bond motifs is 5. The van der Waals surface area contributed by atoms with Crippen molar-refractivity contribution >= 4 is 17.5 Å². The first-order chi connectivity index (χ1) is 14.2. The molecule has 0 unspecified atom stereocenters. The maximum Gasteiger partial charge on any atom is 0.306 e. The number of carbonyl (C=O) groups excluding carboxylic acids is 3. The summed E-state index contributed by atoms with van der Waals surface area (Å²) >= 11 is 0. The molecule has 5 heteroatoms. The van der Waals surface area contributed by atoms with Gasteiger partial charge in [0, 0.05) is 18.3 Å². The van der Waals surface area contributed by atoms with E-state index < -0.39 is 17.6 Å². The van der Waals surface area contributed by atoms with Crippen LogP contribution >= 0.6 is 0 Å². The third-order valence-corrected chi connectivity index (χ3v) is 9.42. The number of aliphatic hydroxyl groups is 1. The van der Waals surface area contributed by atoms with Crippen LogP contribution in [-0.2, 0) is 19.1 Å². The van der Waals surface area contributed by atoms with Crippen LogP contribution in [0.25, 0.3) is 0 Å². The molecule has 0 saturated heterocycles. The number of aliphatic hydroxyl groups excluding tert-OH is 1. The zero-order valence-electron chi connectivity index (χ0n) is 18.7. The third kappa shape index (κ3) is 2.95. The van der Waals surface area contributed by atoms with Gasteiger partial charge in [-0.1, -0.05) is 26.3 Å². The SMILES string of the molecule is CCCC(=O)O[C@]1(C(=O)CO)CC[C@H]2[C@@H]3CCC4=CC(=O)CC[C@]4(C)[C@H]3CC[C@@]21C. The number of hydrogen-bond acceptors (Lipinski definition) is 5. The Morgan fingerprint density at radius 3 is 2.53 bits per heavy atom. The predicted molar refractivity (Wildman–Crippen MR) is 113 cm³/mol. The van der Waals surface area contributed by atoms with Crippen LogP contribution in [0.1, 0.15) is 85.0 Å². The van der Waals surface area contributed by atoms with Crippen molar-refractivity contribution in [3.05, 3.63) is 11.6 Å². The van der Waals surface area contributed by atoms with Crippen LogP contribution in [0.4, 0.5) is 0 Å². The highest BCUT2D eigenvalue weighted by Crippen LogP contribution is 2.68. The average molecular weight is 417 g/mol. The van der Waals surface area contributed by atoms with Gasteiger partial charge in [0.1, 0.15) is 6.61 Å². The molecule has 0 aromatic carbocycles. The fourth-order valence-electron chi connectivity index (χ4n) is 7.82. The Labute approximate surface area is 179 Å². The van der Waals surface area contributed by atoms with Crippen LogP contribution in [0, 0.1) is 28.6 Å². The minimum Gasteiger partial charge on any atom is -0.450 e. The van der Waals surface area contributed by atoms with E-state index in [4.69, 9.17) is 4.74 Å². The smallest absolute Gasteiger partial charge is 0.306 e. The Morgan fingerprint density at radius 1 is 1.10 bits per heavy atom. The van der Waals surface area contributed by atoms with Crippen LogP contribution in [0.2, 0.25) is 0 Å². The molecule has 0 spiro atoms. The molecule has 3 saturated carbocycles. The molecule has 4 rings (SSSR count). The van der Waals surface area contributed by atoms with Crippen molar-refractivity contribution in [2.75, 3.05) is 6.61 Å². The van der Waals surface area contributed by atoms with E-state index in [2.05, 4.69) is 13.8 Å². The first kappa shape index (κ1) is 21.7. The summed E-state index contributed by atoms with van der Waals surface area (Å²) in [6.07, 6.45) is 9.61. The number of allylic oxidation sites excluding steroid dienone is 1. The Hall–Kier alpha value is -1.49. The monoisotopic (exact) mass is 416 g/mol. The highest BCUT2D eigenvalue weighted by Gasteiger charge is 2.68. The molecule has 0 radical (unpaired) electrons. The van der Waals surface area contributed by atoms with Gasteiger partial charge in [0.2, 0.25) is 5.78 Å². The third-order valence-electron chi connectivity index (χ3n) is 9.42. The minimum atomic E-state index is -1.19.